The fourth-order valence-electron chi connectivity index (χ4n) is 3.36. The van der Waals surface area contributed by atoms with Crippen molar-refractivity contribution in [2.45, 2.75) is 43.5 Å². The Morgan fingerprint density at radius 3 is 2.59 bits per heavy atom. The summed E-state index contributed by atoms with van der Waals surface area (Å²) in [6, 6.07) is 14.8. The number of anilines is 1. The summed E-state index contributed by atoms with van der Waals surface area (Å²) in [5, 5.41) is 11.5. The van der Waals surface area contributed by atoms with Crippen molar-refractivity contribution < 1.29 is 14.0 Å². The molecule has 9 heteroatoms. The number of furan rings is 1. The van der Waals surface area contributed by atoms with Crippen LogP contribution in [0.4, 0.5) is 10.5 Å². The minimum Gasteiger partial charge on any atom is -0.451 e. The van der Waals surface area contributed by atoms with E-state index in [4.69, 9.17) is 4.42 Å². The van der Waals surface area contributed by atoms with Crippen molar-refractivity contribution in [2.75, 3.05) is 5.32 Å². The van der Waals surface area contributed by atoms with Gasteiger partial charge in [-0.1, -0.05) is 42.1 Å². The first-order chi connectivity index (χ1) is 16.4. The van der Waals surface area contributed by atoms with Crippen LogP contribution in [-0.2, 0) is 12.3 Å². The van der Waals surface area contributed by atoms with Crippen molar-refractivity contribution in [3.8, 4) is 0 Å². The number of aryl methyl sites for hydroxylation is 1. The summed E-state index contributed by atoms with van der Waals surface area (Å²) in [6.45, 7) is 6.11. The zero-order valence-corrected chi connectivity index (χ0v) is 20.8. The molecule has 0 aliphatic carbocycles. The van der Waals surface area contributed by atoms with Crippen LogP contribution in [0.3, 0.4) is 0 Å². The van der Waals surface area contributed by atoms with Gasteiger partial charge in [0.25, 0.3) is 5.91 Å². The standard InChI is InChI=1S/C25H26N4O3S2/c1-15(2)27-24(31)29-18-10-8-17(9-11-18)12-26-23(30)22-20(14-34-25-28-16(3)13-33-25)19-6-4-5-7-21(19)32-22/h4-11,13,15H,12,14H2,1-3H3,(H,26,30)(H2,27,29,31). The van der Waals surface area contributed by atoms with Crippen LogP contribution in [0.25, 0.3) is 11.0 Å². The van der Waals surface area contributed by atoms with Gasteiger partial charge in [-0.25, -0.2) is 9.78 Å². The van der Waals surface area contributed by atoms with Gasteiger partial charge in [0, 0.05) is 46.1 Å². The molecular formula is C25H26N4O3S2. The van der Waals surface area contributed by atoms with Crippen molar-refractivity contribution >= 4 is 51.7 Å². The molecular weight excluding hydrogens is 468 g/mol. The highest BCUT2D eigenvalue weighted by Gasteiger charge is 2.21. The van der Waals surface area contributed by atoms with E-state index in [9.17, 15) is 9.59 Å². The fraction of sp³-hybridized carbons (Fsp3) is 0.240. The summed E-state index contributed by atoms with van der Waals surface area (Å²) < 4.78 is 6.90. The SMILES string of the molecule is Cc1csc(SCc2c(C(=O)NCc3ccc(NC(=O)NC(C)C)cc3)oc3ccccc23)n1. The highest BCUT2D eigenvalue weighted by atomic mass is 32.2. The number of fused-ring (bicyclic) bond motifs is 1. The third kappa shape index (κ3) is 5.98. The number of carbonyl (C=O) groups excluding carboxylic acids is 2. The quantitative estimate of drug-likeness (QED) is 0.263. The summed E-state index contributed by atoms with van der Waals surface area (Å²) in [5.74, 6) is 0.650. The molecule has 0 unspecified atom stereocenters. The normalized spacial score (nSPS) is 11.1. The summed E-state index contributed by atoms with van der Waals surface area (Å²) in [5.41, 5.74) is 4.13. The fourth-order valence-corrected chi connectivity index (χ4v) is 5.23. The van der Waals surface area contributed by atoms with Gasteiger partial charge in [0.15, 0.2) is 5.76 Å². The van der Waals surface area contributed by atoms with Crippen LogP contribution in [-0.4, -0.2) is 23.0 Å². The molecule has 3 N–H and O–H groups in total. The average molecular weight is 495 g/mol. The maximum absolute atomic E-state index is 13.0. The van der Waals surface area contributed by atoms with Gasteiger partial charge in [-0.3, -0.25) is 4.79 Å². The number of benzene rings is 2. The lowest BCUT2D eigenvalue weighted by Gasteiger charge is -2.11. The number of rotatable bonds is 8. The van der Waals surface area contributed by atoms with Crippen LogP contribution >= 0.6 is 23.1 Å². The molecule has 0 atom stereocenters. The highest BCUT2D eigenvalue weighted by Crippen LogP contribution is 2.33. The topological polar surface area (TPSA) is 96.3 Å². The van der Waals surface area contributed by atoms with Gasteiger partial charge < -0.3 is 20.4 Å². The lowest BCUT2D eigenvalue weighted by atomic mass is 10.1. The number of amides is 3. The Morgan fingerprint density at radius 1 is 1.12 bits per heavy atom. The number of carbonyl (C=O) groups is 2. The monoisotopic (exact) mass is 494 g/mol. The molecule has 0 radical (unpaired) electrons. The molecule has 0 saturated heterocycles. The van der Waals surface area contributed by atoms with Crippen molar-refractivity contribution in [1.82, 2.24) is 15.6 Å². The highest BCUT2D eigenvalue weighted by molar-refractivity contribution is 8.00. The molecule has 34 heavy (non-hydrogen) atoms. The molecule has 2 heterocycles. The number of urea groups is 1. The lowest BCUT2D eigenvalue weighted by Crippen LogP contribution is -2.34. The van der Waals surface area contributed by atoms with Crippen molar-refractivity contribution in [2.24, 2.45) is 0 Å². The first kappa shape index (κ1) is 23.8. The maximum atomic E-state index is 13.0. The van der Waals surface area contributed by atoms with Gasteiger partial charge in [-0.15, -0.1) is 11.3 Å². The molecule has 4 rings (SSSR count). The van der Waals surface area contributed by atoms with Crippen LogP contribution in [0, 0.1) is 6.92 Å². The van der Waals surface area contributed by atoms with E-state index < -0.39 is 0 Å². The first-order valence-corrected chi connectivity index (χ1v) is 12.8. The molecule has 0 bridgehead atoms. The number of para-hydroxylation sites is 1. The van der Waals surface area contributed by atoms with Gasteiger partial charge in [0.2, 0.25) is 0 Å². The summed E-state index contributed by atoms with van der Waals surface area (Å²) in [7, 11) is 0. The zero-order valence-electron chi connectivity index (χ0n) is 19.2. The first-order valence-electron chi connectivity index (χ1n) is 10.9. The minimum atomic E-state index is -0.263. The molecule has 0 aliphatic heterocycles. The van der Waals surface area contributed by atoms with Crippen molar-refractivity contribution in [1.29, 1.82) is 0 Å². The molecule has 176 valence electrons. The van der Waals surface area contributed by atoms with Gasteiger partial charge in [-0.05, 0) is 44.5 Å². The van der Waals surface area contributed by atoms with E-state index >= 15 is 0 Å². The number of nitrogens with one attached hydrogen (secondary N) is 3. The van der Waals surface area contributed by atoms with E-state index in [1.165, 1.54) is 0 Å². The van der Waals surface area contributed by atoms with Crippen LogP contribution in [0.2, 0.25) is 0 Å². The van der Waals surface area contributed by atoms with Gasteiger partial charge >= 0.3 is 6.03 Å². The smallest absolute Gasteiger partial charge is 0.319 e. The number of hydrogen-bond acceptors (Lipinski definition) is 6. The molecule has 0 spiro atoms. The largest absolute Gasteiger partial charge is 0.451 e. The van der Waals surface area contributed by atoms with Gasteiger partial charge in [-0.2, -0.15) is 0 Å². The molecule has 0 fully saturated rings. The molecule has 2 aromatic carbocycles. The number of hydrogen-bond donors (Lipinski definition) is 3. The Labute approximate surface area is 206 Å². The second kappa shape index (κ2) is 10.8. The van der Waals surface area contributed by atoms with Crippen LogP contribution in [0.5, 0.6) is 0 Å². The molecule has 0 aliphatic rings. The van der Waals surface area contributed by atoms with Crippen LogP contribution < -0.4 is 16.0 Å². The zero-order chi connectivity index (χ0) is 24.1. The van der Waals surface area contributed by atoms with Crippen LogP contribution in [0.15, 0.2) is 62.7 Å². The van der Waals surface area contributed by atoms with E-state index in [2.05, 4.69) is 20.9 Å². The predicted molar refractivity (Wildman–Crippen MR) is 138 cm³/mol. The Balaban J connectivity index is 1.43. The number of nitrogens with zero attached hydrogens (tertiary/aromatic N) is 1. The van der Waals surface area contributed by atoms with E-state index in [0.29, 0.717) is 29.3 Å². The number of thioether (sulfide) groups is 1. The molecule has 7 nitrogen and oxygen atoms in total. The Kier molecular flexibility index (Phi) is 7.54. The number of thiazole rings is 1. The molecule has 4 aromatic rings. The third-order valence-electron chi connectivity index (χ3n) is 4.93. The van der Waals surface area contributed by atoms with Crippen LogP contribution in [0.1, 0.15) is 41.2 Å². The Bertz CT molecular complexity index is 1300. The predicted octanol–water partition coefficient (Wildman–Crippen LogP) is 5.95. The average Bonchev–Trinajstić information content (AvgIpc) is 3.39. The lowest BCUT2D eigenvalue weighted by molar-refractivity contribution is 0.0924. The second-order valence-electron chi connectivity index (χ2n) is 8.08. The van der Waals surface area contributed by atoms with E-state index in [-0.39, 0.29) is 18.0 Å². The van der Waals surface area contributed by atoms with E-state index in [1.54, 1.807) is 35.2 Å². The Morgan fingerprint density at radius 2 is 1.88 bits per heavy atom. The van der Waals surface area contributed by atoms with Gasteiger partial charge in [0.1, 0.15) is 9.92 Å². The summed E-state index contributed by atoms with van der Waals surface area (Å²) >= 11 is 3.19. The maximum Gasteiger partial charge on any atom is 0.319 e. The van der Waals surface area contributed by atoms with Crippen molar-refractivity contribution in [3.05, 3.63) is 76.5 Å². The van der Waals surface area contributed by atoms with Gasteiger partial charge in [0.05, 0.1) is 0 Å². The summed E-state index contributed by atoms with van der Waals surface area (Å²) in [4.78, 5) is 29.4. The summed E-state index contributed by atoms with van der Waals surface area (Å²) in [6.07, 6.45) is 0. The molecule has 0 saturated carbocycles. The van der Waals surface area contributed by atoms with E-state index in [0.717, 1.165) is 26.5 Å². The molecule has 3 amide bonds. The number of aromatic nitrogens is 1. The van der Waals surface area contributed by atoms with E-state index in [1.807, 2.05) is 62.5 Å². The second-order valence-corrected chi connectivity index (χ2v) is 10.2. The minimum absolute atomic E-state index is 0.0571. The third-order valence-corrected chi connectivity index (χ3v) is 7.09. The van der Waals surface area contributed by atoms with Crippen molar-refractivity contribution in [3.63, 3.8) is 0 Å². The Hall–Kier alpha value is -3.30. The molecule has 2 aromatic heterocycles.